The van der Waals surface area contributed by atoms with Crippen LogP contribution in [0.25, 0.3) is 0 Å². The summed E-state index contributed by atoms with van der Waals surface area (Å²) in [7, 11) is 1.34. The highest BCUT2D eigenvalue weighted by molar-refractivity contribution is 6.32. The van der Waals surface area contributed by atoms with Gasteiger partial charge < -0.3 is 23.7 Å². The first-order chi connectivity index (χ1) is 13.4. The molecule has 0 fully saturated rings. The van der Waals surface area contributed by atoms with Crippen LogP contribution in [0.3, 0.4) is 0 Å². The van der Waals surface area contributed by atoms with Gasteiger partial charge in [0.15, 0.2) is 11.5 Å². The fourth-order valence-electron chi connectivity index (χ4n) is 3.12. The highest BCUT2D eigenvalue weighted by Gasteiger charge is 2.45. The monoisotopic (exact) mass is 412 g/mol. The quantitative estimate of drug-likeness (QED) is 0.683. The zero-order valence-corrected chi connectivity index (χ0v) is 15.4. The van der Waals surface area contributed by atoms with Gasteiger partial charge in [0, 0.05) is 23.1 Å². The molecule has 2 aliphatic rings. The highest BCUT2D eigenvalue weighted by atomic mass is 35.5. The van der Waals surface area contributed by atoms with Crippen molar-refractivity contribution < 1.29 is 37.3 Å². The number of halogens is 3. The zero-order chi connectivity index (χ0) is 19.9. The summed E-state index contributed by atoms with van der Waals surface area (Å²) < 4.78 is 51.7. The maximum Gasteiger partial charge on any atom is 0.586 e. The molecule has 28 heavy (non-hydrogen) atoms. The molecule has 2 aliphatic heterocycles. The summed E-state index contributed by atoms with van der Waals surface area (Å²) in [5.41, 5.74) is 1.25. The van der Waals surface area contributed by atoms with Crippen LogP contribution in [0.2, 0.25) is 5.02 Å². The number of fused-ring (bicyclic) bond motifs is 2. The number of esters is 1. The third-order valence-electron chi connectivity index (χ3n) is 4.49. The molecule has 9 heteroatoms. The largest absolute Gasteiger partial charge is 0.586 e. The van der Waals surface area contributed by atoms with Crippen molar-refractivity contribution in [1.82, 2.24) is 0 Å². The van der Waals surface area contributed by atoms with Crippen LogP contribution in [0.5, 0.6) is 23.0 Å². The lowest BCUT2D eigenvalue weighted by Gasteiger charge is -2.11. The van der Waals surface area contributed by atoms with Gasteiger partial charge in [0.1, 0.15) is 18.1 Å². The number of alkyl halides is 2. The van der Waals surface area contributed by atoms with E-state index in [1.165, 1.54) is 19.2 Å². The second-order valence-electron chi connectivity index (χ2n) is 6.31. The van der Waals surface area contributed by atoms with E-state index in [1.807, 2.05) is 6.07 Å². The SMILES string of the molecule is COC(=O)CC1COc2cc(OCc3ccc(Cl)c4c3OC(F)(F)O4)ccc21. The predicted molar refractivity (Wildman–Crippen MR) is 93.3 cm³/mol. The van der Waals surface area contributed by atoms with Crippen LogP contribution >= 0.6 is 11.6 Å². The Bertz CT molecular complexity index is 933. The van der Waals surface area contributed by atoms with Gasteiger partial charge in [-0.05, 0) is 12.1 Å². The predicted octanol–water partition coefficient (Wildman–Crippen LogP) is 4.28. The van der Waals surface area contributed by atoms with Crippen LogP contribution in [-0.2, 0) is 16.1 Å². The second kappa shape index (κ2) is 7.01. The molecule has 2 aromatic rings. The lowest BCUT2D eigenvalue weighted by Crippen LogP contribution is -2.26. The molecule has 2 aromatic carbocycles. The molecule has 0 radical (unpaired) electrons. The first-order valence-corrected chi connectivity index (χ1v) is 8.77. The fraction of sp³-hybridized carbons (Fsp3) is 0.316. The number of ether oxygens (including phenoxy) is 5. The smallest absolute Gasteiger partial charge is 0.492 e. The molecule has 0 spiro atoms. The molecule has 1 atom stereocenters. The number of rotatable bonds is 5. The molecule has 6 nitrogen and oxygen atoms in total. The number of carbonyl (C=O) groups is 1. The minimum Gasteiger partial charge on any atom is -0.492 e. The van der Waals surface area contributed by atoms with Crippen LogP contribution in [0, 0.1) is 0 Å². The first-order valence-electron chi connectivity index (χ1n) is 8.40. The Labute approximate surface area is 163 Å². The van der Waals surface area contributed by atoms with Gasteiger partial charge in [0.05, 0.1) is 25.2 Å². The van der Waals surface area contributed by atoms with Crippen molar-refractivity contribution in [2.45, 2.75) is 25.2 Å². The molecule has 0 N–H and O–H groups in total. The van der Waals surface area contributed by atoms with E-state index in [2.05, 4.69) is 9.47 Å². The van der Waals surface area contributed by atoms with Gasteiger partial charge in [-0.15, -0.1) is 8.78 Å². The molecular formula is C19H15ClF2O6. The van der Waals surface area contributed by atoms with E-state index in [0.717, 1.165) is 5.56 Å². The average Bonchev–Trinajstić information content (AvgIpc) is 3.21. The average molecular weight is 413 g/mol. The normalized spacial score (nSPS) is 18.4. The van der Waals surface area contributed by atoms with E-state index in [0.29, 0.717) is 23.7 Å². The van der Waals surface area contributed by atoms with Crippen molar-refractivity contribution >= 4 is 17.6 Å². The molecule has 148 valence electrons. The standard InChI is InChI=1S/C19H15ClF2O6/c1-24-16(23)6-11-9-26-15-7-12(3-4-13(11)15)25-8-10-2-5-14(20)18-17(10)27-19(21,22)28-18/h2-5,7,11H,6,8-9H2,1H3. The number of hydrogen-bond acceptors (Lipinski definition) is 6. The van der Waals surface area contributed by atoms with E-state index < -0.39 is 6.29 Å². The molecule has 0 aromatic heterocycles. The lowest BCUT2D eigenvalue weighted by atomic mass is 9.98. The minimum absolute atomic E-state index is 0.0264. The topological polar surface area (TPSA) is 63.2 Å². The zero-order valence-electron chi connectivity index (χ0n) is 14.7. The molecule has 1 unspecified atom stereocenters. The Morgan fingerprint density at radius 2 is 2.04 bits per heavy atom. The van der Waals surface area contributed by atoms with Crippen molar-refractivity contribution in [1.29, 1.82) is 0 Å². The number of benzene rings is 2. The Hall–Kier alpha value is -2.74. The van der Waals surface area contributed by atoms with Gasteiger partial charge >= 0.3 is 12.3 Å². The van der Waals surface area contributed by atoms with Crippen molar-refractivity contribution in [2.75, 3.05) is 13.7 Å². The number of hydrogen-bond donors (Lipinski definition) is 0. The van der Waals surface area contributed by atoms with E-state index in [4.69, 9.17) is 25.8 Å². The van der Waals surface area contributed by atoms with Gasteiger partial charge in [-0.25, -0.2) is 0 Å². The molecule has 0 aliphatic carbocycles. The van der Waals surface area contributed by atoms with E-state index in [9.17, 15) is 13.6 Å². The summed E-state index contributed by atoms with van der Waals surface area (Å²) in [4.78, 5) is 11.5. The molecule has 0 saturated heterocycles. The van der Waals surface area contributed by atoms with E-state index in [-0.39, 0.29) is 41.4 Å². The van der Waals surface area contributed by atoms with Crippen molar-refractivity contribution in [3.63, 3.8) is 0 Å². The Morgan fingerprint density at radius 1 is 1.25 bits per heavy atom. The van der Waals surface area contributed by atoms with Crippen LogP contribution in [0.15, 0.2) is 30.3 Å². The Kier molecular flexibility index (Phi) is 4.66. The number of carbonyl (C=O) groups excluding carboxylic acids is 1. The summed E-state index contributed by atoms with van der Waals surface area (Å²) in [5.74, 6) is 0.343. The van der Waals surface area contributed by atoms with Gasteiger partial charge in [0.25, 0.3) is 0 Å². The Morgan fingerprint density at radius 3 is 2.82 bits per heavy atom. The van der Waals surface area contributed by atoms with E-state index in [1.54, 1.807) is 12.1 Å². The molecular weight excluding hydrogens is 398 g/mol. The maximum absolute atomic E-state index is 13.4. The summed E-state index contributed by atoms with van der Waals surface area (Å²) in [6.45, 7) is 0.335. The van der Waals surface area contributed by atoms with Crippen LogP contribution in [0.4, 0.5) is 8.78 Å². The molecule has 2 heterocycles. The van der Waals surface area contributed by atoms with Crippen molar-refractivity contribution in [3.8, 4) is 23.0 Å². The fourth-order valence-corrected chi connectivity index (χ4v) is 3.31. The molecule has 0 amide bonds. The Balaban J connectivity index is 1.48. The summed E-state index contributed by atoms with van der Waals surface area (Å²) >= 11 is 5.88. The first kappa shape index (κ1) is 18.6. The van der Waals surface area contributed by atoms with Crippen molar-refractivity contribution in [2.24, 2.45) is 0 Å². The van der Waals surface area contributed by atoms with Crippen LogP contribution in [0.1, 0.15) is 23.5 Å². The summed E-state index contributed by atoms with van der Waals surface area (Å²) in [6.07, 6.45) is -3.54. The van der Waals surface area contributed by atoms with Gasteiger partial charge in [-0.1, -0.05) is 23.7 Å². The van der Waals surface area contributed by atoms with E-state index >= 15 is 0 Å². The third kappa shape index (κ3) is 3.52. The van der Waals surface area contributed by atoms with Crippen molar-refractivity contribution in [3.05, 3.63) is 46.5 Å². The minimum atomic E-state index is -3.77. The summed E-state index contributed by atoms with van der Waals surface area (Å²) in [6, 6.07) is 8.19. The van der Waals surface area contributed by atoms with Gasteiger partial charge in [0.2, 0.25) is 0 Å². The number of methoxy groups -OCH3 is 1. The third-order valence-corrected chi connectivity index (χ3v) is 4.78. The molecule has 0 saturated carbocycles. The summed E-state index contributed by atoms with van der Waals surface area (Å²) in [5, 5.41) is 0.0264. The van der Waals surface area contributed by atoms with Crippen LogP contribution < -0.4 is 18.9 Å². The maximum atomic E-state index is 13.4. The van der Waals surface area contributed by atoms with Gasteiger partial charge in [-0.3, -0.25) is 4.79 Å². The highest BCUT2D eigenvalue weighted by Crippen LogP contribution is 2.48. The van der Waals surface area contributed by atoms with Crippen LogP contribution in [-0.4, -0.2) is 26.0 Å². The molecule has 0 bridgehead atoms. The lowest BCUT2D eigenvalue weighted by molar-refractivity contribution is -0.287. The second-order valence-corrected chi connectivity index (χ2v) is 6.72. The van der Waals surface area contributed by atoms with Gasteiger partial charge in [-0.2, -0.15) is 0 Å². The molecule has 4 rings (SSSR count).